The Bertz CT molecular complexity index is 256. The number of hydrogen-bond acceptors (Lipinski definition) is 3. The fraction of sp³-hybridized carbons (Fsp3) is 0.929. The number of hydrogen-bond donors (Lipinski definition) is 1. The third-order valence-electron chi connectivity index (χ3n) is 3.78. The standard InChI is InChI=1S/C14H28N2O2/c1-12-5-4-6-13(9-12)10-16(11-14(17)18)8-7-15(2)3/h12-13H,4-11H2,1-3H3,(H,17,18). The summed E-state index contributed by atoms with van der Waals surface area (Å²) in [6.45, 7) is 5.22. The third kappa shape index (κ3) is 6.36. The van der Waals surface area contributed by atoms with Gasteiger partial charge in [0.15, 0.2) is 0 Å². The quantitative estimate of drug-likeness (QED) is 0.754. The van der Waals surface area contributed by atoms with Crippen molar-refractivity contribution in [2.45, 2.75) is 32.6 Å². The van der Waals surface area contributed by atoms with Crippen LogP contribution in [0, 0.1) is 11.8 Å². The lowest BCUT2D eigenvalue weighted by atomic mass is 9.82. The van der Waals surface area contributed by atoms with Crippen LogP contribution in [0.5, 0.6) is 0 Å². The van der Waals surface area contributed by atoms with Crippen molar-refractivity contribution in [3.8, 4) is 0 Å². The minimum atomic E-state index is -0.711. The SMILES string of the molecule is CC1CCCC(CN(CCN(C)C)CC(=O)O)C1. The summed E-state index contributed by atoms with van der Waals surface area (Å²) in [7, 11) is 4.06. The molecular weight excluding hydrogens is 228 g/mol. The lowest BCUT2D eigenvalue weighted by Gasteiger charge is -2.32. The Hall–Kier alpha value is -0.610. The van der Waals surface area contributed by atoms with E-state index in [4.69, 9.17) is 5.11 Å². The van der Waals surface area contributed by atoms with Crippen molar-refractivity contribution in [3.63, 3.8) is 0 Å². The first-order valence-electron chi connectivity index (χ1n) is 7.06. The predicted molar refractivity (Wildman–Crippen MR) is 73.8 cm³/mol. The fourth-order valence-corrected chi connectivity index (χ4v) is 2.86. The molecule has 0 aromatic rings. The van der Waals surface area contributed by atoms with Crippen LogP contribution in [-0.4, -0.2) is 61.2 Å². The maximum absolute atomic E-state index is 10.9. The van der Waals surface area contributed by atoms with E-state index in [-0.39, 0.29) is 6.54 Å². The summed E-state index contributed by atoms with van der Waals surface area (Å²) in [4.78, 5) is 15.1. The summed E-state index contributed by atoms with van der Waals surface area (Å²) < 4.78 is 0. The molecule has 1 fully saturated rings. The fourth-order valence-electron chi connectivity index (χ4n) is 2.86. The maximum Gasteiger partial charge on any atom is 0.317 e. The van der Waals surface area contributed by atoms with Crippen molar-refractivity contribution >= 4 is 5.97 Å². The molecule has 0 heterocycles. The summed E-state index contributed by atoms with van der Waals surface area (Å²) in [6.07, 6.45) is 5.17. The van der Waals surface area contributed by atoms with Crippen LogP contribution >= 0.6 is 0 Å². The molecule has 0 aliphatic heterocycles. The van der Waals surface area contributed by atoms with Gasteiger partial charge in [0.2, 0.25) is 0 Å². The van der Waals surface area contributed by atoms with E-state index in [1.807, 2.05) is 14.1 Å². The first-order valence-corrected chi connectivity index (χ1v) is 7.06. The first kappa shape index (κ1) is 15.4. The Kier molecular flexibility index (Phi) is 6.65. The minimum Gasteiger partial charge on any atom is -0.480 e. The molecule has 18 heavy (non-hydrogen) atoms. The van der Waals surface area contributed by atoms with Gasteiger partial charge < -0.3 is 10.0 Å². The van der Waals surface area contributed by atoms with Crippen LogP contribution < -0.4 is 0 Å². The molecule has 2 atom stereocenters. The number of nitrogens with zero attached hydrogens (tertiary/aromatic N) is 2. The zero-order chi connectivity index (χ0) is 13.5. The number of rotatable bonds is 7. The monoisotopic (exact) mass is 256 g/mol. The Morgan fingerprint density at radius 3 is 2.56 bits per heavy atom. The number of carbonyl (C=O) groups is 1. The van der Waals surface area contributed by atoms with Gasteiger partial charge in [-0.15, -0.1) is 0 Å². The highest BCUT2D eigenvalue weighted by Gasteiger charge is 2.22. The molecule has 0 spiro atoms. The van der Waals surface area contributed by atoms with Gasteiger partial charge in [-0.25, -0.2) is 0 Å². The Morgan fingerprint density at radius 2 is 2.00 bits per heavy atom. The molecule has 0 aromatic heterocycles. The van der Waals surface area contributed by atoms with E-state index < -0.39 is 5.97 Å². The second-order valence-corrected chi connectivity index (χ2v) is 6.07. The molecule has 2 unspecified atom stereocenters. The van der Waals surface area contributed by atoms with Crippen molar-refractivity contribution in [1.82, 2.24) is 9.80 Å². The first-order chi connectivity index (χ1) is 8.47. The molecule has 4 heteroatoms. The van der Waals surface area contributed by atoms with Gasteiger partial charge in [0, 0.05) is 19.6 Å². The van der Waals surface area contributed by atoms with Gasteiger partial charge in [-0.3, -0.25) is 9.69 Å². The molecule has 1 aliphatic carbocycles. The zero-order valence-electron chi connectivity index (χ0n) is 12.1. The molecule has 106 valence electrons. The van der Waals surface area contributed by atoms with E-state index in [2.05, 4.69) is 16.7 Å². The lowest BCUT2D eigenvalue weighted by Crippen LogP contribution is -2.39. The predicted octanol–water partition coefficient (Wildman–Crippen LogP) is 1.76. The van der Waals surface area contributed by atoms with E-state index in [9.17, 15) is 4.79 Å². The average Bonchev–Trinajstić information content (AvgIpc) is 2.25. The summed E-state index contributed by atoms with van der Waals surface area (Å²) in [5, 5.41) is 8.98. The highest BCUT2D eigenvalue weighted by molar-refractivity contribution is 5.69. The number of carboxylic acids is 1. The van der Waals surface area contributed by atoms with Crippen molar-refractivity contribution < 1.29 is 9.90 Å². The number of likely N-dealkylation sites (N-methyl/N-ethyl adjacent to an activating group) is 1. The average molecular weight is 256 g/mol. The van der Waals surface area contributed by atoms with Gasteiger partial charge in [0.05, 0.1) is 6.54 Å². The van der Waals surface area contributed by atoms with E-state index in [0.29, 0.717) is 5.92 Å². The molecule has 0 saturated heterocycles. The molecule has 0 radical (unpaired) electrons. The van der Waals surface area contributed by atoms with E-state index >= 15 is 0 Å². The van der Waals surface area contributed by atoms with Gasteiger partial charge in [-0.1, -0.05) is 19.8 Å². The summed E-state index contributed by atoms with van der Waals surface area (Å²) in [5.41, 5.74) is 0. The second-order valence-electron chi connectivity index (χ2n) is 6.07. The smallest absolute Gasteiger partial charge is 0.317 e. The topological polar surface area (TPSA) is 43.8 Å². The van der Waals surface area contributed by atoms with Crippen LogP contribution in [0.15, 0.2) is 0 Å². The summed E-state index contributed by atoms with van der Waals surface area (Å²) in [6, 6.07) is 0. The highest BCUT2D eigenvalue weighted by Crippen LogP contribution is 2.29. The minimum absolute atomic E-state index is 0.179. The van der Waals surface area contributed by atoms with E-state index in [1.165, 1.54) is 25.7 Å². The molecular formula is C14H28N2O2. The summed E-state index contributed by atoms with van der Waals surface area (Å²) in [5.74, 6) is 0.789. The Balaban J connectivity index is 2.40. The van der Waals surface area contributed by atoms with Crippen molar-refractivity contribution in [2.75, 3.05) is 40.3 Å². The Labute approximate surface area is 111 Å². The summed E-state index contributed by atoms with van der Waals surface area (Å²) >= 11 is 0. The van der Waals surface area contributed by atoms with Gasteiger partial charge in [-0.2, -0.15) is 0 Å². The molecule has 4 nitrogen and oxygen atoms in total. The largest absolute Gasteiger partial charge is 0.480 e. The Morgan fingerprint density at radius 1 is 1.28 bits per heavy atom. The highest BCUT2D eigenvalue weighted by atomic mass is 16.4. The van der Waals surface area contributed by atoms with Gasteiger partial charge in [0.25, 0.3) is 0 Å². The van der Waals surface area contributed by atoms with Gasteiger partial charge >= 0.3 is 5.97 Å². The zero-order valence-corrected chi connectivity index (χ0v) is 12.1. The maximum atomic E-state index is 10.9. The number of carboxylic acid groups (broad SMARTS) is 1. The second kappa shape index (κ2) is 7.74. The van der Waals surface area contributed by atoms with Crippen LogP contribution in [0.25, 0.3) is 0 Å². The van der Waals surface area contributed by atoms with Crippen molar-refractivity contribution in [2.24, 2.45) is 11.8 Å². The molecule has 1 saturated carbocycles. The van der Waals surface area contributed by atoms with Crippen LogP contribution in [0.1, 0.15) is 32.6 Å². The molecule has 0 bridgehead atoms. The van der Waals surface area contributed by atoms with Gasteiger partial charge in [-0.05, 0) is 38.8 Å². The molecule has 1 aliphatic rings. The van der Waals surface area contributed by atoms with Crippen LogP contribution in [0.3, 0.4) is 0 Å². The molecule has 0 amide bonds. The van der Waals surface area contributed by atoms with E-state index in [0.717, 1.165) is 25.6 Å². The number of aliphatic carboxylic acids is 1. The van der Waals surface area contributed by atoms with Crippen molar-refractivity contribution in [1.29, 1.82) is 0 Å². The van der Waals surface area contributed by atoms with Crippen LogP contribution in [0.2, 0.25) is 0 Å². The normalized spacial score (nSPS) is 24.7. The van der Waals surface area contributed by atoms with Crippen LogP contribution in [0.4, 0.5) is 0 Å². The molecule has 0 aromatic carbocycles. The van der Waals surface area contributed by atoms with Crippen molar-refractivity contribution in [3.05, 3.63) is 0 Å². The molecule has 1 N–H and O–H groups in total. The van der Waals surface area contributed by atoms with Gasteiger partial charge in [0.1, 0.15) is 0 Å². The molecule has 1 rings (SSSR count). The van der Waals surface area contributed by atoms with E-state index in [1.54, 1.807) is 0 Å². The van der Waals surface area contributed by atoms with Crippen LogP contribution in [-0.2, 0) is 4.79 Å². The lowest BCUT2D eigenvalue weighted by molar-refractivity contribution is -0.138. The third-order valence-corrected chi connectivity index (χ3v) is 3.78.